The molecule has 0 amide bonds. The Bertz CT molecular complexity index is 406. The molecular weight excluding hydrogens is 290 g/mol. The van der Waals surface area contributed by atoms with Gasteiger partial charge >= 0.3 is 0 Å². The lowest BCUT2D eigenvalue weighted by molar-refractivity contribution is 0.0152. The molecule has 7 nitrogen and oxygen atoms in total. The molecule has 1 aromatic rings. The summed E-state index contributed by atoms with van der Waals surface area (Å²) in [6.45, 7) is 12.1. The Balaban J connectivity index is 2.34. The molecule has 0 saturated carbocycles. The molecule has 0 aromatic carbocycles. The number of tetrazole rings is 1. The van der Waals surface area contributed by atoms with Crippen molar-refractivity contribution in [2.24, 2.45) is 0 Å². The predicted octanol–water partition coefficient (Wildman–Crippen LogP) is 0.939. The van der Waals surface area contributed by atoms with E-state index in [1.165, 1.54) is 11.8 Å². The van der Waals surface area contributed by atoms with E-state index in [1.54, 1.807) is 4.68 Å². The Morgan fingerprint density at radius 2 is 2.10 bits per heavy atom. The van der Waals surface area contributed by atoms with E-state index in [0.717, 1.165) is 6.54 Å². The molecule has 0 aliphatic rings. The number of hydrogen-bond donors (Lipinski definition) is 2. The molecule has 0 saturated heterocycles. The van der Waals surface area contributed by atoms with Crippen LogP contribution in [0.1, 0.15) is 34.6 Å². The molecule has 1 heterocycles. The molecule has 0 aliphatic carbocycles. The number of aliphatic hydroxyl groups excluding tert-OH is 1. The van der Waals surface area contributed by atoms with Crippen LogP contribution in [0.15, 0.2) is 5.16 Å². The summed E-state index contributed by atoms with van der Waals surface area (Å²) < 4.78 is 7.12. The third-order valence-electron chi connectivity index (χ3n) is 2.50. The zero-order valence-electron chi connectivity index (χ0n) is 13.5. The smallest absolute Gasteiger partial charge is 0.209 e. The van der Waals surface area contributed by atoms with Crippen LogP contribution in [0.2, 0.25) is 0 Å². The first-order chi connectivity index (χ1) is 9.78. The summed E-state index contributed by atoms with van der Waals surface area (Å²) in [4.78, 5) is 0. The normalized spacial score (nSPS) is 13.9. The zero-order valence-corrected chi connectivity index (χ0v) is 14.4. The van der Waals surface area contributed by atoms with Gasteiger partial charge in [0.2, 0.25) is 5.16 Å². The van der Waals surface area contributed by atoms with Gasteiger partial charge in [-0.3, -0.25) is 0 Å². The van der Waals surface area contributed by atoms with Gasteiger partial charge < -0.3 is 15.2 Å². The SMILES string of the molecule is CC(C)OCC(O)CSc1nnnn1CCNC(C)(C)C. The van der Waals surface area contributed by atoms with Crippen LogP contribution < -0.4 is 5.32 Å². The predicted molar refractivity (Wildman–Crippen MR) is 83.4 cm³/mol. The Labute approximate surface area is 130 Å². The highest BCUT2D eigenvalue weighted by atomic mass is 32.2. The van der Waals surface area contributed by atoms with Gasteiger partial charge in [0.15, 0.2) is 0 Å². The monoisotopic (exact) mass is 317 g/mol. The number of nitrogens with one attached hydrogen (secondary N) is 1. The quantitative estimate of drug-likeness (QED) is 0.656. The van der Waals surface area contributed by atoms with Gasteiger partial charge in [0, 0.05) is 17.8 Å². The first kappa shape index (κ1) is 18.3. The van der Waals surface area contributed by atoms with Gasteiger partial charge in [0.1, 0.15) is 0 Å². The summed E-state index contributed by atoms with van der Waals surface area (Å²) in [5.41, 5.74) is 0.0751. The number of thioether (sulfide) groups is 1. The van der Waals surface area contributed by atoms with Crippen LogP contribution in [0, 0.1) is 0 Å². The fraction of sp³-hybridized carbons (Fsp3) is 0.923. The molecule has 1 aromatic heterocycles. The summed E-state index contributed by atoms with van der Waals surface area (Å²) >= 11 is 1.44. The number of rotatable bonds is 9. The summed E-state index contributed by atoms with van der Waals surface area (Å²) in [7, 11) is 0. The van der Waals surface area contributed by atoms with Gasteiger partial charge in [-0.15, -0.1) is 5.10 Å². The van der Waals surface area contributed by atoms with Crippen LogP contribution in [0.3, 0.4) is 0 Å². The maximum absolute atomic E-state index is 9.83. The molecular formula is C13H27N5O2S. The molecule has 0 radical (unpaired) electrons. The summed E-state index contributed by atoms with van der Waals surface area (Å²) in [5.74, 6) is 0.514. The van der Waals surface area contributed by atoms with E-state index in [-0.39, 0.29) is 11.6 Å². The van der Waals surface area contributed by atoms with Crippen LogP contribution in [0.4, 0.5) is 0 Å². The second-order valence-corrected chi connectivity index (χ2v) is 7.20. The number of ether oxygens (including phenoxy) is 1. The maximum atomic E-state index is 9.83. The average Bonchev–Trinajstić information content (AvgIpc) is 2.80. The van der Waals surface area contributed by atoms with Crippen LogP contribution >= 0.6 is 11.8 Å². The number of hydrogen-bond acceptors (Lipinski definition) is 7. The van der Waals surface area contributed by atoms with Gasteiger partial charge in [-0.25, -0.2) is 4.68 Å². The Hall–Kier alpha value is -0.700. The zero-order chi connectivity index (χ0) is 15.9. The summed E-state index contributed by atoms with van der Waals surface area (Å²) in [5, 5.41) is 25.6. The van der Waals surface area contributed by atoms with Crippen molar-refractivity contribution in [3.8, 4) is 0 Å². The maximum Gasteiger partial charge on any atom is 0.209 e. The van der Waals surface area contributed by atoms with Crippen LogP contribution in [-0.2, 0) is 11.3 Å². The van der Waals surface area contributed by atoms with Crippen LogP contribution in [0.25, 0.3) is 0 Å². The fourth-order valence-electron chi connectivity index (χ4n) is 1.50. The van der Waals surface area contributed by atoms with Crippen molar-refractivity contribution >= 4 is 11.8 Å². The molecule has 1 atom stereocenters. The molecule has 0 aliphatic heterocycles. The largest absolute Gasteiger partial charge is 0.390 e. The molecule has 0 bridgehead atoms. The molecule has 1 rings (SSSR count). The highest BCUT2D eigenvalue weighted by molar-refractivity contribution is 7.99. The number of aromatic nitrogens is 4. The summed E-state index contributed by atoms with van der Waals surface area (Å²) in [6.07, 6.45) is -0.395. The highest BCUT2D eigenvalue weighted by Gasteiger charge is 2.13. The van der Waals surface area contributed by atoms with Crippen molar-refractivity contribution in [1.82, 2.24) is 25.5 Å². The van der Waals surface area contributed by atoms with Crippen molar-refractivity contribution in [3.63, 3.8) is 0 Å². The van der Waals surface area contributed by atoms with E-state index < -0.39 is 6.10 Å². The van der Waals surface area contributed by atoms with Crippen molar-refractivity contribution in [2.75, 3.05) is 18.9 Å². The van der Waals surface area contributed by atoms with E-state index in [9.17, 15) is 5.11 Å². The minimum Gasteiger partial charge on any atom is -0.390 e. The van der Waals surface area contributed by atoms with Gasteiger partial charge in [-0.2, -0.15) is 0 Å². The van der Waals surface area contributed by atoms with Gasteiger partial charge in [-0.1, -0.05) is 11.8 Å². The van der Waals surface area contributed by atoms with Crippen molar-refractivity contribution in [2.45, 2.75) is 64.1 Å². The number of aliphatic hydroxyl groups is 1. The van der Waals surface area contributed by atoms with Gasteiger partial charge in [0.05, 0.1) is 25.4 Å². The van der Waals surface area contributed by atoms with E-state index in [0.29, 0.717) is 24.1 Å². The lowest BCUT2D eigenvalue weighted by Gasteiger charge is -2.20. The van der Waals surface area contributed by atoms with Crippen molar-refractivity contribution in [3.05, 3.63) is 0 Å². The number of nitrogens with zero attached hydrogens (tertiary/aromatic N) is 4. The molecule has 2 N–H and O–H groups in total. The van der Waals surface area contributed by atoms with Gasteiger partial charge in [-0.05, 0) is 45.0 Å². The average molecular weight is 317 g/mol. The first-order valence-corrected chi connectivity index (χ1v) is 8.20. The third kappa shape index (κ3) is 8.35. The van der Waals surface area contributed by atoms with E-state index in [2.05, 4.69) is 41.6 Å². The van der Waals surface area contributed by atoms with E-state index in [4.69, 9.17) is 4.74 Å². The fourth-order valence-corrected chi connectivity index (χ4v) is 2.31. The molecule has 8 heteroatoms. The van der Waals surface area contributed by atoms with E-state index in [1.807, 2.05) is 13.8 Å². The lowest BCUT2D eigenvalue weighted by Crippen LogP contribution is -2.38. The second kappa shape index (κ2) is 8.67. The first-order valence-electron chi connectivity index (χ1n) is 7.21. The van der Waals surface area contributed by atoms with Gasteiger partial charge in [0.25, 0.3) is 0 Å². The Morgan fingerprint density at radius 3 is 2.71 bits per heavy atom. The minimum atomic E-state index is -0.518. The molecule has 0 spiro atoms. The van der Waals surface area contributed by atoms with Crippen molar-refractivity contribution in [1.29, 1.82) is 0 Å². The minimum absolute atomic E-state index is 0.0751. The second-order valence-electron chi connectivity index (χ2n) is 6.21. The molecule has 122 valence electrons. The molecule has 0 fully saturated rings. The van der Waals surface area contributed by atoms with E-state index >= 15 is 0 Å². The Morgan fingerprint density at radius 1 is 1.38 bits per heavy atom. The third-order valence-corrected chi connectivity index (χ3v) is 3.61. The Kier molecular flexibility index (Phi) is 7.58. The van der Waals surface area contributed by atoms with Crippen LogP contribution in [-0.4, -0.2) is 62.0 Å². The topological polar surface area (TPSA) is 85.1 Å². The standard InChI is InChI=1S/C13H27N5O2S/c1-10(2)20-8-11(19)9-21-12-15-16-17-18(12)7-6-14-13(3,4)5/h10-11,14,19H,6-9H2,1-5H3. The summed E-state index contributed by atoms with van der Waals surface area (Å²) in [6, 6.07) is 0. The van der Waals surface area contributed by atoms with Crippen molar-refractivity contribution < 1.29 is 9.84 Å². The van der Waals surface area contributed by atoms with Crippen LogP contribution in [0.5, 0.6) is 0 Å². The molecule has 1 unspecified atom stereocenters. The highest BCUT2D eigenvalue weighted by Crippen LogP contribution is 2.15. The molecule has 21 heavy (non-hydrogen) atoms. The lowest BCUT2D eigenvalue weighted by atomic mass is 10.1.